The van der Waals surface area contributed by atoms with Crippen LogP contribution in [0.5, 0.6) is 0 Å². The van der Waals surface area contributed by atoms with Crippen molar-refractivity contribution in [3.05, 3.63) is 40.9 Å². The van der Waals surface area contributed by atoms with Gasteiger partial charge in [0.15, 0.2) is 0 Å². The van der Waals surface area contributed by atoms with Gasteiger partial charge in [0.05, 0.1) is 6.10 Å². The predicted molar refractivity (Wildman–Crippen MR) is 89.5 cm³/mol. The summed E-state index contributed by atoms with van der Waals surface area (Å²) in [5.41, 5.74) is 2.44. The van der Waals surface area contributed by atoms with Crippen molar-refractivity contribution < 1.29 is 5.11 Å². The van der Waals surface area contributed by atoms with E-state index in [0.29, 0.717) is 5.92 Å². The normalized spacial score (nSPS) is 12.8. The Labute approximate surface area is 131 Å². The van der Waals surface area contributed by atoms with Crippen LogP contribution in [0.1, 0.15) is 30.7 Å². The summed E-state index contributed by atoms with van der Waals surface area (Å²) < 4.78 is 0. The fraction of sp³-hybridized carbons (Fsp3) is 0.471. The molecule has 1 aromatic heterocycles. The first kappa shape index (κ1) is 16.1. The Balaban J connectivity index is 1.82. The van der Waals surface area contributed by atoms with E-state index < -0.39 is 0 Å². The van der Waals surface area contributed by atoms with Gasteiger partial charge in [0, 0.05) is 23.2 Å². The molecule has 0 aliphatic rings. The smallest absolute Gasteiger partial charge is 0.123 e. The van der Waals surface area contributed by atoms with Gasteiger partial charge < -0.3 is 10.4 Å². The second-order valence-corrected chi connectivity index (χ2v) is 6.89. The number of nitrogens with one attached hydrogen (secondary N) is 1. The van der Waals surface area contributed by atoms with Crippen molar-refractivity contribution in [1.82, 2.24) is 10.3 Å². The first-order chi connectivity index (χ1) is 10.1. The standard InChI is InChI=1S/C17H24N2OS/c1-12(2)16(20)8-9-18-10-15-11-19-17(21-15)14-6-4-13(3)5-7-14/h4-7,11-12,16,18,20H,8-10H2,1-3H3. The summed E-state index contributed by atoms with van der Waals surface area (Å²) in [4.78, 5) is 5.71. The molecule has 0 fully saturated rings. The zero-order chi connectivity index (χ0) is 15.2. The van der Waals surface area contributed by atoms with Crippen LogP contribution in [0, 0.1) is 12.8 Å². The molecule has 1 atom stereocenters. The Morgan fingerprint density at radius 1 is 1.24 bits per heavy atom. The van der Waals surface area contributed by atoms with Crippen molar-refractivity contribution in [2.24, 2.45) is 5.92 Å². The molecule has 0 spiro atoms. The highest BCUT2D eigenvalue weighted by Gasteiger charge is 2.08. The Morgan fingerprint density at radius 2 is 1.95 bits per heavy atom. The maximum absolute atomic E-state index is 9.75. The molecule has 21 heavy (non-hydrogen) atoms. The minimum Gasteiger partial charge on any atom is -0.393 e. The highest BCUT2D eigenvalue weighted by Crippen LogP contribution is 2.25. The molecule has 1 heterocycles. The highest BCUT2D eigenvalue weighted by molar-refractivity contribution is 7.15. The van der Waals surface area contributed by atoms with Gasteiger partial charge in [0.1, 0.15) is 5.01 Å². The van der Waals surface area contributed by atoms with E-state index in [2.05, 4.69) is 41.5 Å². The number of hydrogen-bond acceptors (Lipinski definition) is 4. The summed E-state index contributed by atoms with van der Waals surface area (Å²) >= 11 is 1.72. The molecule has 2 aromatic rings. The molecule has 1 aromatic carbocycles. The minimum atomic E-state index is -0.220. The van der Waals surface area contributed by atoms with E-state index in [1.165, 1.54) is 16.0 Å². The van der Waals surface area contributed by atoms with Crippen LogP contribution in [-0.2, 0) is 6.54 Å². The summed E-state index contributed by atoms with van der Waals surface area (Å²) in [6.07, 6.45) is 2.51. The fourth-order valence-corrected chi connectivity index (χ4v) is 2.90. The summed E-state index contributed by atoms with van der Waals surface area (Å²) in [7, 11) is 0. The zero-order valence-corrected chi connectivity index (χ0v) is 13.8. The van der Waals surface area contributed by atoms with E-state index in [-0.39, 0.29) is 6.10 Å². The number of hydrogen-bond donors (Lipinski definition) is 2. The summed E-state index contributed by atoms with van der Waals surface area (Å²) in [6, 6.07) is 8.46. The number of aliphatic hydroxyl groups excluding tert-OH is 1. The predicted octanol–water partition coefficient (Wildman–Crippen LogP) is 3.62. The molecule has 114 valence electrons. The molecule has 0 saturated heterocycles. The average Bonchev–Trinajstić information content (AvgIpc) is 2.93. The molecule has 0 radical (unpaired) electrons. The Bertz CT molecular complexity index is 548. The van der Waals surface area contributed by atoms with Crippen molar-refractivity contribution in [1.29, 1.82) is 0 Å². The van der Waals surface area contributed by atoms with E-state index in [0.717, 1.165) is 24.5 Å². The zero-order valence-electron chi connectivity index (χ0n) is 13.0. The third-order valence-corrected chi connectivity index (χ3v) is 4.58. The second-order valence-electron chi connectivity index (χ2n) is 5.77. The molecule has 0 saturated carbocycles. The Morgan fingerprint density at radius 3 is 2.62 bits per heavy atom. The van der Waals surface area contributed by atoms with Crippen molar-refractivity contribution in [2.45, 2.75) is 39.8 Å². The number of rotatable bonds is 7. The van der Waals surface area contributed by atoms with Crippen LogP contribution < -0.4 is 5.32 Å². The van der Waals surface area contributed by atoms with E-state index in [1.54, 1.807) is 11.3 Å². The van der Waals surface area contributed by atoms with Gasteiger partial charge in [0.25, 0.3) is 0 Å². The van der Waals surface area contributed by atoms with Crippen molar-refractivity contribution >= 4 is 11.3 Å². The Kier molecular flexibility index (Phi) is 5.91. The second kappa shape index (κ2) is 7.69. The van der Waals surface area contributed by atoms with Crippen LogP contribution in [0.2, 0.25) is 0 Å². The quantitative estimate of drug-likeness (QED) is 0.768. The van der Waals surface area contributed by atoms with Gasteiger partial charge in [-0.25, -0.2) is 4.98 Å². The summed E-state index contributed by atoms with van der Waals surface area (Å²) in [5.74, 6) is 0.323. The average molecular weight is 304 g/mol. The van der Waals surface area contributed by atoms with Crippen LogP contribution >= 0.6 is 11.3 Å². The van der Waals surface area contributed by atoms with Crippen molar-refractivity contribution in [3.63, 3.8) is 0 Å². The van der Waals surface area contributed by atoms with E-state index >= 15 is 0 Å². The molecule has 2 rings (SSSR count). The van der Waals surface area contributed by atoms with E-state index in [9.17, 15) is 5.11 Å². The third-order valence-electron chi connectivity index (χ3n) is 3.54. The number of aliphatic hydroxyl groups is 1. The van der Waals surface area contributed by atoms with Gasteiger partial charge in [0.2, 0.25) is 0 Å². The lowest BCUT2D eigenvalue weighted by Crippen LogP contribution is -2.23. The molecule has 0 bridgehead atoms. The molecule has 4 heteroatoms. The SMILES string of the molecule is Cc1ccc(-c2ncc(CNCCC(O)C(C)C)s2)cc1. The molecule has 3 nitrogen and oxygen atoms in total. The van der Waals surface area contributed by atoms with Gasteiger partial charge in [-0.3, -0.25) is 0 Å². The molecular formula is C17H24N2OS. The van der Waals surface area contributed by atoms with Crippen molar-refractivity contribution in [3.8, 4) is 10.6 Å². The highest BCUT2D eigenvalue weighted by atomic mass is 32.1. The van der Waals surface area contributed by atoms with Gasteiger partial charge in [-0.1, -0.05) is 43.7 Å². The van der Waals surface area contributed by atoms with Gasteiger partial charge in [-0.15, -0.1) is 11.3 Å². The first-order valence-corrected chi connectivity index (χ1v) is 8.28. The molecule has 2 N–H and O–H groups in total. The van der Waals surface area contributed by atoms with Gasteiger partial charge in [-0.2, -0.15) is 0 Å². The molecule has 0 aliphatic heterocycles. The summed E-state index contributed by atoms with van der Waals surface area (Å²) in [5, 5.41) is 14.2. The molecule has 0 amide bonds. The van der Waals surface area contributed by atoms with E-state index in [4.69, 9.17) is 0 Å². The molecule has 0 aliphatic carbocycles. The largest absolute Gasteiger partial charge is 0.393 e. The number of aryl methyl sites for hydroxylation is 1. The Hall–Kier alpha value is -1.23. The van der Waals surface area contributed by atoms with Crippen LogP contribution in [-0.4, -0.2) is 22.7 Å². The van der Waals surface area contributed by atoms with Crippen LogP contribution in [0.15, 0.2) is 30.5 Å². The minimum absolute atomic E-state index is 0.220. The van der Waals surface area contributed by atoms with Crippen LogP contribution in [0.4, 0.5) is 0 Å². The number of aromatic nitrogens is 1. The van der Waals surface area contributed by atoms with Crippen LogP contribution in [0.3, 0.4) is 0 Å². The third kappa shape index (κ3) is 4.92. The monoisotopic (exact) mass is 304 g/mol. The van der Waals surface area contributed by atoms with Gasteiger partial charge in [-0.05, 0) is 25.8 Å². The number of nitrogens with zero attached hydrogens (tertiary/aromatic N) is 1. The number of benzene rings is 1. The van der Waals surface area contributed by atoms with Crippen LogP contribution in [0.25, 0.3) is 10.6 Å². The lowest BCUT2D eigenvalue weighted by molar-refractivity contribution is 0.116. The molecule has 1 unspecified atom stereocenters. The maximum Gasteiger partial charge on any atom is 0.123 e. The van der Waals surface area contributed by atoms with E-state index in [1.807, 2.05) is 20.0 Å². The lowest BCUT2D eigenvalue weighted by atomic mass is 10.0. The number of thiazole rings is 1. The lowest BCUT2D eigenvalue weighted by Gasteiger charge is -2.14. The molecular weight excluding hydrogens is 280 g/mol. The summed E-state index contributed by atoms with van der Waals surface area (Å²) in [6.45, 7) is 7.82. The van der Waals surface area contributed by atoms with Gasteiger partial charge >= 0.3 is 0 Å². The van der Waals surface area contributed by atoms with Crippen molar-refractivity contribution in [2.75, 3.05) is 6.54 Å². The topological polar surface area (TPSA) is 45.2 Å². The fourth-order valence-electron chi connectivity index (χ4n) is 2.01. The first-order valence-electron chi connectivity index (χ1n) is 7.47. The maximum atomic E-state index is 9.75.